The zero-order chi connectivity index (χ0) is 19.6. The number of ether oxygens (including phenoxy) is 2. The predicted octanol–water partition coefficient (Wildman–Crippen LogP) is 3.76. The molecule has 1 aromatic rings. The van der Waals surface area contributed by atoms with E-state index in [2.05, 4.69) is 17.3 Å². The number of nitrogens with zero attached hydrogens (tertiary/aromatic N) is 1. The van der Waals surface area contributed by atoms with Gasteiger partial charge < -0.3 is 14.8 Å². The predicted molar refractivity (Wildman–Crippen MR) is 111 cm³/mol. The largest absolute Gasteiger partial charge is 0.492 e. The van der Waals surface area contributed by atoms with Gasteiger partial charge in [-0.3, -0.25) is 9.69 Å². The maximum Gasteiger partial charge on any atom is 0.223 e. The van der Waals surface area contributed by atoms with Crippen molar-refractivity contribution in [3.63, 3.8) is 0 Å². The number of rotatable bonds is 8. The van der Waals surface area contributed by atoms with E-state index in [0.29, 0.717) is 19.2 Å². The normalized spacial score (nSPS) is 19.4. The first-order valence-electron chi connectivity index (χ1n) is 11.0. The molecule has 156 valence electrons. The molecule has 1 heterocycles. The van der Waals surface area contributed by atoms with Crippen molar-refractivity contribution in [2.45, 2.75) is 64.0 Å². The summed E-state index contributed by atoms with van der Waals surface area (Å²) in [6.07, 6.45) is 9.19. The third-order valence-corrected chi connectivity index (χ3v) is 6.12. The highest BCUT2D eigenvalue weighted by Gasteiger charge is 2.20. The monoisotopic (exact) mass is 388 g/mol. The summed E-state index contributed by atoms with van der Waals surface area (Å²) in [7, 11) is 2.17. The first kappa shape index (κ1) is 21.1. The first-order chi connectivity index (χ1) is 13.7. The van der Waals surface area contributed by atoms with Crippen molar-refractivity contribution >= 4 is 5.91 Å². The van der Waals surface area contributed by atoms with Crippen LogP contribution < -0.4 is 10.1 Å². The van der Waals surface area contributed by atoms with Gasteiger partial charge in [0.25, 0.3) is 0 Å². The van der Waals surface area contributed by atoms with Crippen LogP contribution in [0, 0.1) is 5.92 Å². The SMILES string of the molecule is CN(CCOc1cccc(CNC(=O)C2CCCCCC2)c1)C1CCOCC1. The van der Waals surface area contributed by atoms with Gasteiger partial charge in [-0.25, -0.2) is 0 Å². The van der Waals surface area contributed by atoms with E-state index >= 15 is 0 Å². The minimum atomic E-state index is 0.197. The van der Waals surface area contributed by atoms with Gasteiger partial charge in [0, 0.05) is 38.3 Å². The van der Waals surface area contributed by atoms with Crippen molar-refractivity contribution in [3.8, 4) is 5.75 Å². The molecule has 3 rings (SSSR count). The third-order valence-electron chi connectivity index (χ3n) is 6.12. The Balaban J connectivity index is 1.40. The smallest absolute Gasteiger partial charge is 0.223 e. The van der Waals surface area contributed by atoms with Crippen LogP contribution in [-0.2, 0) is 16.1 Å². The van der Waals surface area contributed by atoms with E-state index in [1.165, 1.54) is 25.7 Å². The van der Waals surface area contributed by atoms with Gasteiger partial charge in [0.1, 0.15) is 12.4 Å². The quantitative estimate of drug-likeness (QED) is 0.689. The molecule has 1 saturated heterocycles. The zero-order valence-electron chi connectivity index (χ0n) is 17.3. The second-order valence-corrected chi connectivity index (χ2v) is 8.23. The molecule has 0 radical (unpaired) electrons. The Morgan fingerprint density at radius 1 is 1.14 bits per heavy atom. The van der Waals surface area contributed by atoms with Gasteiger partial charge in [-0.05, 0) is 50.4 Å². The zero-order valence-corrected chi connectivity index (χ0v) is 17.3. The van der Waals surface area contributed by atoms with Crippen LogP contribution in [0.15, 0.2) is 24.3 Å². The van der Waals surface area contributed by atoms with E-state index in [4.69, 9.17) is 9.47 Å². The van der Waals surface area contributed by atoms with Gasteiger partial charge in [0.15, 0.2) is 0 Å². The number of amides is 1. The van der Waals surface area contributed by atoms with Crippen LogP contribution in [0.25, 0.3) is 0 Å². The second-order valence-electron chi connectivity index (χ2n) is 8.23. The van der Waals surface area contributed by atoms with Crippen molar-refractivity contribution in [2.24, 2.45) is 5.92 Å². The number of likely N-dealkylation sites (N-methyl/N-ethyl adjacent to an activating group) is 1. The summed E-state index contributed by atoms with van der Waals surface area (Å²) in [5, 5.41) is 3.13. The maximum absolute atomic E-state index is 12.4. The van der Waals surface area contributed by atoms with E-state index in [9.17, 15) is 4.79 Å². The molecule has 1 aliphatic carbocycles. The van der Waals surface area contributed by atoms with Gasteiger partial charge in [-0.2, -0.15) is 0 Å². The molecule has 2 fully saturated rings. The minimum Gasteiger partial charge on any atom is -0.492 e. The van der Waals surface area contributed by atoms with Crippen LogP contribution in [0.3, 0.4) is 0 Å². The van der Waals surface area contributed by atoms with Gasteiger partial charge in [-0.1, -0.05) is 37.8 Å². The summed E-state index contributed by atoms with van der Waals surface area (Å²) in [5.41, 5.74) is 1.09. The van der Waals surface area contributed by atoms with Crippen LogP contribution in [0.5, 0.6) is 5.75 Å². The molecule has 5 heteroatoms. The molecule has 0 unspecified atom stereocenters. The van der Waals surface area contributed by atoms with Gasteiger partial charge >= 0.3 is 0 Å². The first-order valence-corrected chi connectivity index (χ1v) is 11.0. The average Bonchev–Trinajstić information content (AvgIpc) is 3.02. The highest BCUT2D eigenvalue weighted by Crippen LogP contribution is 2.23. The van der Waals surface area contributed by atoms with Crippen LogP contribution >= 0.6 is 0 Å². The van der Waals surface area contributed by atoms with E-state index in [-0.39, 0.29) is 11.8 Å². The lowest BCUT2D eigenvalue weighted by molar-refractivity contribution is -0.125. The highest BCUT2D eigenvalue weighted by molar-refractivity contribution is 5.78. The fraction of sp³-hybridized carbons (Fsp3) is 0.696. The van der Waals surface area contributed by atoms with Crippen molar-refractivity contribution in [1.82, 2.24) is 10.2 Å². The van der Waals surface area contributed by atoms with E-state index < -0.39 is 0 Å². The lowest BCUT2D eigenvalue weighted by atomic mass is 9.99. The Morgan fingerprint density at radius 2 is 1.89 bits per heavy atom. The number of carbonyl (C=O) groups excluding carboxylic acids is 1. The van der Waals surface area contributed by atoms with Gasteiger partial charge in [-0.15, -0.1) is 0 Å². The summed E-state index contributed by atoms with van der Waals surface area (Å²) < 4.78 is 11.4. The number of nitrogens with one attached hydrogen (secondary N) is 1. The molecule has 28 heavy (non-hydrogen) atoms. The number of hydrogen-bond acceptors (Lipinski definition) is 4. The lowest BCUT2D eigenvalue weighted by Crippen LogP contribution is -2.38. The van der Waals surface area contributed by atoms with Crippen LogP contribution in [0.4, 0.5) is 0 Å². The molecule has 1 aliphatic heterocycles. The Labute approximate surface area is 169 Å². The van der Waals surface area contributed by atoms with Crippen LogP contribution in [0.1, 0.15) is 56.9 Å². The average molecular weight is 389 g/mol. The fourth-order valence-electron chi connectivity index (χ4n) is 4.24. The second kappa shape index (κ2) is 11.4. The molecule has 1 amide bonds. The van der Waals surface area contributed by atoms with Crippen LogP contribution in [-0.4, -0.2) is 50.3 Å². The molecule has 1 saturated carbocycles. The topological polar surface area (TPSA) is 50.8 Å². The summed E-state index contributed by atoms with van der Waals surface area (Å²) >= 11 is 0. The third kappa shape index (κ3) is 6.78. The Morgan fingerprint density at radius 3 is 2.64 bits per heavy atom. The molecule has 0 aromatic heterocycles. The minimum absolute atomic E-state index is 0.197. The summed E-state index contributed by atoms with van der Waals surface area (Å²) in [4.78, 5) is 14.8. The molecular formula is C23H36N2O3. The van der Waals surface area contributed by atoms with Crippen LogP contribution in [0.2, 0.25) is 0 Å². The number of hydrogen-bond donors (Lipinski definition) is 1. The fourth-order valence-corrected chi connectivity index (χ4v) is 4.24. The molecule has 1 N–H and O–H groups in total. The van der Waals surface area contributed by atoms with Crippen molar-refractivity contribution in [2.75, 3.05) is 33.4 Å². The maximum atomic E-state index is 12.4. The molecule has 5 nitrogen and oxygen atoms in total. The summed E-state index contributed by atoms with van der Waals surface area (Å²) in [5.74, 6) is 1.29. The van der Waals surface area contributed by atoms with Crippen molar-refractivity contribution in [1.29, 1.82) is 0 Å². The van der Waals surface area contributed by atoms with E-state index in [0.717, 1.165) is 56.8 Å². The van der Waals surface area contributed by atoms with E-state index in [1.807, 2.05) is 24.3 Å². The molecule has 0 spiro atoms. The molecular weight excluding hydrogens is 352 g/mol. The molecule has 0 atom stereocenters. The van der Waals surface area contributed by atoms with Gasteiger partial charge in [0.05, 0.1) is 0 Å². The number of carbonyl (C=O) groups is 1. The molecule has 0 bridgehead atoms. The summed E-state index contributed by atoms with van der Waals surface area (Å²) in [6.45, 7) is 3.89. The number of benzene rings is 1. The molecule has 2 aliphatic rings. The van der Waals surface area contributed by atoms with Crippen molar-refractivity contribution < 1.29 is 14.3 Å². The highest BCUT2D eigenvalue weighted by atomic mass is 16.5. The summed E-state index contributed by atoms with van der Waals surface area (Å²) in [6, 6.07) is 8.69. The van der Waals surface area contributed by atoms with Crippen molar-refractivity contribution in [3.05, 3.63) is 29.8 Å². The standard InChI is InChI=1S/C23H36N2O3/c1-25(21-11-14-27-15-12-21)13-16-28-22-10-6-7-19(17-22)18-24-23(26)20-8-4-2-3-5-9-20/h6-7,10,17,20-21H,2-5,8-9,11-16,18H2,1H3,(H,24,26). The Bertz CT molecular complexity index is 593. The molecule has 1 aromatic carbocycles. The van der Waals surface area contributed by atoms with Gasteiger partial charge in [0.2, 0.25) is 5.91 Å². The Kier molecular flexibility index (Phi) is 8.62. The lowest BCUT2D eigenvalue weighted by Gasteiger charge is -2.31. The van der Waals surface area contributed by atoms with E-state index in [1.54, 1.807) is 0 Å². The Hall–Kier alpha value is -1.59.